The fourth-order valence-electron chi connectivity index (χ4n) is 4.65. The van der Waals surface area contributed by atoms with Crippen molar-refractivity contribution in [3.05, 3.63) is 35.4 Å². The van der Waals surface area contributed by atoms with E-state index < -0.39 is 0 Å². The first-order chi connectivity index (χ1) is 11.8. The molecule has 132 valence electrons. The van der Waals surface area contributed by atoms with E-state index in [1.807, 2.05) is 0 Å². The second-order valence-electron chi connectivity index (χ2n) is 8.36. The van der Waals surface area contributed by atoms with Crippen LogP contribution in [0.4, 0.5) is 0 Å². The van der Waals surface area contributed by atoms with E-state index in [1.54, 1.807) is 5.56 Å². The highest BCUT2D eigenvalue weighted by Crippen LogP contribution is 2.42. The lowest BCUT2D eigenvalue weighted by Gasteiger charge is -2.41. The number of likely N-dealkylation sites (N-methyl/N-ethyl adjacent to an activating group) is 1. The zero-order chi connectivity index (χ0) is 16.4. The fourth-order valence-corrected chi connectivity index (χ4v) is 4.65. The van der Waals surface area contributed by atoms with Gasteiger partial charge in [-0.15, -0.1) is 0 Å². The first-order valence-electron chi connectivity index (χ1n) is 9.98. The second kappa shape index (κ2) is 7.55. The molecule has 3 aliphatic rings. The van der Waals surface area contributed by atoms with Gasteiger partial charge < -0.3 is 9.80 Å². The lowest BCUT2D eigenvalue weighted by atomic mass is 9.71. The summed E-state index contributed by atoms with van der Waals surface area (Å²) in [6.07, 6.45) is 5.57. The van der Waals surface area contributed by atoms with Gasteiger partial charge in [-0.3, -0.25) is 4.90 Å². The number of likely N-dealkylation sites (tertiary alicyclic amines) is 1. The van der Waals surface area contributed by atoms with Crippen LogP contribution >= 0.6 is 0 Å². The first-order valence-corrected chi connectivity index (χ1v) is 9.98. The van der Waals surface area contributed by atoms with Gasteiger partial charge in [0.15, 0.2) is 0 Å². The van der Waals surface area contributed by atoms with Crippen LogP contribution in [0.5, 0.6) is 0 Å². The highest BCUT2D eigenvalue weighted by molar-refractivity contribution is 5.27. The molecule has 2 heterocycles. The van der Waals surface area contributed by atoms with Gasteiger partial charge in [-0.2, -0.15) is 0 Å². The van der Waals surface area contributed by atoms with Crippen molar-refractivity contribution in [2.75, 3.05) is 52.9 Å². The maximum absolute atomic E-state index is 2.68. The molecular weight excluding hydrogens is 294 g/mol. The molecule has 1 aromatic carbocycles. The number of benzene rings is 1. The molecule has 0 amide bonds. The number of nitrogens with zero attached hydrogens (tertiary/aromatic N) is 3. The van der Waals surface area contributed by atoms with Crippen molar-refractivity contribution in [3.63, 3.8) is 0 Å². The molecule has 3 heteroatoms. The Morgan fingerprint density at radius 2 is 1.50 bits per heavy atom. The molecule has 2 aliphatic heterocycles. The Bertz CT molecular complexity index is 506. The van der Waals surface area contributed by atoms with Crippen LogP contribution in [0.25, 0.3) is 0 Å². The molecule has 3 fully saturated rings. The highest BCUT2D eigenvalue weighted by Gasteiger charge is 2.32. The number of piperazine rings is 1. The Balaban J connectivity index is 1.21. The van der Waals surface area contributed by atoms with Crippen LogP contribution in [0, 0.1) is 5.92 Å². The number of hydrogen-bond acceptors (Lipinski definition) is 3. The van der Waals surface area contributed by atoms with E-state index in [0.29, 0.717) is 0 Å². The smallest absolute Gasteiger partial charge is 0.0233 e. The summed E-state index contributed by atoms with van der Waals surface area (Å²) in [5, 5.41) is 0. The summed E-state index contributed by atoms with van der Waals surface area (Å²) in [5.41, 5.74) is 3.07. The number of rotatable bonds is 5. The van der Waals surface area contributed by atoms with Crippen LogP contribution in [0.3, 0.4) is 0 Å². The molecule has 0 radical (unpaired) electrons. The summed E-state index contributed by atoms with van der Waals surface area (Å²) >= 11 is 0. The lowest BCUT2D eigenvalue weighted by Crippen LogP contribution is -2.47. The summed E-state index contributed by atoms with van der Waals surface area (Å²) < 4.78 is 0. The minimum absolute atomic E-state index is 0.823. The van der Waals surface area contributed by atoms with E-state index in [4.69, 9.17) is 0 Å². The van der Waals surface area contributed by atoms with Crippen molar-refractivity contribution in [2.45, 2.75) is 38.1 Å². The average molecular weight is 328 g/mol. The van der Waals surface area contributed by atoms with Crippen LogP contribution in [-0.4, -0.2) is 67.6 Å². The van der Waals surface area contributed by atoms with E-state index >= 15 is 0 Å². The summed E-state index contributed by atoms with van der Waals surface area (Å²) in [6.45, 7) is 10.1. The Hall–Kier alpha value is -0.900. The maximum atomic E-state index is 2.68. The molecule has 0 spiro atoms. The molecule has 24 heavy (non-hydrogen) atoms. The average Bonchev–Trinajstić information content (AvgIpc) is 3.06. The quantitative estimate of drug-likeness (QED) is 0.823. The molecular formula is C21H33N3. The van der Waals surface area contributed by atoms with Gasteiger partial charge in [-0.05, 0) is 68.8 Å². The zero-order valence-corrected chi connectivity index (χ0v) is 15.3. The molecule has 1 aliphatic carbocycles. The minimum Gasteiger partial charge on any atom is -0.304 e. The van der Waals surface area contributed by atoms with E-state index in [0.717, 1.165) is 18.4 Å². The Morgan fingerprint density at radius 3 is 2.17 bits per heavy atom. The van der Waals surface area contributed by atoms with Crippen LogP contribution in [0.2, 0.25) is 0 Å². The van der Waals surface area contributed by atoms with Gasteiger partial charge in [-0.25, -0.2) is 0 Å². The van der Waals surface area contributed by atoms with Crippen LogP contribution in [0.1, 0.15) is 42.7 Å². The molecule has 0 atom stereocenters. The highest BCUT2D eigenvalue weighted by atomic mass is 15.2. The molecule has 4 rings (SSSR count). The Labute approximate surface area is 147 Å². The summed E-state index contributed by atoms with van der Waals surface area (Å²) in [7, 11) is 2.24. The van der Waals surface area contributed by atoms with E-state index in [-0.39, 0.29) is 0 Å². The molecule has 0 unspecified atom stereocenters. The van der Waals surface area contributed by atoms with Gasteiger partial charge in [0, 0.05) is 39.3 Å². The van der Waals surface area contributed by atoms with Crippen molar-refractivity contribution >= 4 is 0 Å². The van der Waals surface area contributed by atoms with E-state index in [2.05, 4.69) is 46.0 Å². The van der Waals surface area contributed by atoms with Gasteiger partial charge in [-0.1, -0.05) is 24.3 Å². The second-order valence-corrected chi connectivity index (χ2v) is 8.36. The zero-order valence-electron chi connectivity index (χ0n) is 15.3. The van der Waals surface area contributed by atoms with Crippen molar-refractivity contribution in [1.82, 2.24) is 14.7 Å². The third-order valence-electron chi connectivity index (χ3n) is 6.40. The van der Waals surface area contributed by atoms with E-state index in [9.17, 15) is 0 Å². The van der Waals surface area contributed by atoms with Gasteiger partial charge in [0.25, 0.3) is 0 Å². The molecule has 3 nitrogen and oxygen atoms in total. The van der Waals surface area contributed by atoms with Crippen LogP contribution in [0.15, 0.2) is 24.3 Å². The molecule has 0 aromatic heterocycles. The van der Waals surface area contributed by atoms with Gasteiger partial charge in [0.05, 0.1) is 0 Å². The van der Waals surface area contributed by atoms with Crippen molar-refractivity contribution in [1.29, 1.82) is 0 Å². The number of hydrogen-bond donors (Lipinski definition) is 0. The molecule has 0 bridgehead atoms. The topological polar surface area (TPSA) is 9.72 Å². The normalized spacial score (nSPS) is 29.7. The predicted molar refractivity (Wildman–Crippen MR) is 100 cm³/mol. The van der Waals surface area contributed by atoms with Crippen molar-refractivity contribution in [3.8, 4) is 0 Å². The predicted octanol–water partition coefficient (Wildman–Crippen LogP) is 3.02. The Morgan fingerprint density at radius 1 is 0.833 bits per heavy atom. The summed E-state index contributed by atoms with van der Waals surface area (Å²) in [4.78, 5) is 7.72. The largest absolute Gasteiger partial charge is 0.304 e. The standard InChI is InChI=1S/C21H33N3/c1-22-10-12-24(13-11-22)17-19-14-21(15-19)20-6-4-18(5-7-20)16-23-8-2-3-9-23/h4-7,19,21H,2-3,8-17H2,1H3. The minimum atomic E-state index is 0.823. The maximum Gasteiger partial charge on any atom is 0.0233 e. The van der Waals surface area contributed by atoms with Gasteiger partial charge >= 0.3 is 0 Å². The molecule has 0 N–H and O–H groups in total. The monoisotopic (exact) mass is 327 g/mol. The first kappa shape index (κ1) is 16.6. The SMILES string of the molecule is CN1CCN(CC2CC(c3ccc(CN4CCCC4)cc3)C2)CC1. The van der Waals surface area contributed by atoms with Gasteiger partial charge in [0.2, 0.25) is 0 Å². The van der Waals surface area contributed by atoms with Crippen molar-refractivity contribution < 1.29 is 0 Å². The molecule has 2 saturated heterocycles. The fraction of sp³-hybridized carbons (Fsp3) is 0.714. The van der Waals surface area contributed by atoms with Crippen molar-refractivity contribution in [2.24, 2.45) is 5.92 Å². The third-order valence-corrected chi connectivity index (χ3v) is 6.40. The summed E-state index contributed by atoms with van der Waals surface area (Å²) in [5.74, 6) is 1.76. The van der Waals surface area contributed by atoms with Crippen LogP contribution < -0.4 is 0 Å². The van der Waals surface area contributed by atoms with E-state index in [1.165, 1.54) is 77.1 Å². The summed E-state index contributed by atoms with van der Waals surface area (Å²) in [6, 6.07) is 9.56. The molecule has 1 saturated carbocycles. The lowest BCUT2D eigenvalue weighted by molar-refractivity contribution is 0.106. The van der Waals surface area contributed by atoms with Crippen LogP contribution in [-0.2, 0) is 6.54 Å². The Kier molecular flexibility index (Phi) is 5.21. The third kappa shape index (κ3) is 4.01. The molecule has 1 aromatic rings. The van der Waals surface area contributed by atoms with Gasteiger partial charge in [0.1, 0.15) is 0 Å².